The molecule has 1 amide bonds. The number of rotatable bonds is 6. The van der Waals surface area contributed by atoms with Crippen molar-refractivity contribution in [2.24, 2.45) is 5.41 Å². The van der Waals surface area contributed by atoms with Crippen molar-refractivity contribution in [3.8, 4) is 0 Å². The third-order valence-electron chi connectivity index (χ3n) is 2.98. The minimum absolute atomic E-state index is 0. The van der Waals surface area contributed by atoms with E-state index in [9.17, 15) is 9.90 Å². The molecule has 0 aliphatic rings. The molecular formula is C14H24ClN3O2. The molecule has 1 rings (SSSR count). The molecule has 1 aromatic heterocycles. The van der Waals surface area contributed by atoms with Gasteiger partial charge in [-0.15, -0.1) is 0 Å². The highest BCUT2D eigenvalue weighted by atomic mass is 35.5. The van der Waals surface area contributed by atoms with Crippen molar-refractivity contribution in [3.05, 3.63) is 31.4 Å². The number of imidazole rings is 1. The molecule has 5 nitrogen and oxygen atoms in total. The molecule has 0 aliphatic carbocycles. The molecule has 0 radical (unpaired) electrons. The van der Waals surface area contributed by atoms with Gasteiger partial charge in [-0.1, -0.05) is 33.4 Å². The summed E-state index contributed by atoms with van der Waals surface area (Å²) in [6.07, 6.45) is 7.38. The van der Waals surface area contributed by atoms with E-state index in [-0.39, 0.29) is 42.9 Å². The van der Waals surface area contributed by atoms with E-state index in [1.54, 1.807) is 10.6 Å². The van der Waals surface area contributed by atoms with Crippen LogP contribution in [0.3, 0.4) is 0 Å². The van der Waals surface area contributed by atoms with Crippen molar-refractivity contribution in [3.63, 3.8) is 0 Å². The van der Waals surface area contributed by atoms with E-state index in [1.807, 2.05) is 44.1 Å². The van der Waals surface area contributed by atoms with Gasteiger partial charge in [-0.25, -0.2) is 9.13 Å². The Balaban J connectivity index is 0.00000361. The molecule has 0 aromatic carbocycles. The molecule has 1 aromatic rings. The highest BCUT2D eigenvalue weighted by Crippen LogP contribution is 2.18. The number of aliphatic hydroxyl groups excluding tert-OH is 1. The molecule has 6 heteroatoms. The number of allylic oxidation sites excluding steroid dienone is 1. The SMILES string of the molecule is C=CCn1cc[n+](CC(=O)N[C@H](CO)C(C)(C)C)c1.[Cl-]. The Kier molecular flexibility index (Phi) is 7.53. The number of nitrogens with zero attached hydrogens (tertiary/aromatic N) is 2. The van der Waals surface area contributed by atoms with Crippen molar-refractivity contribution >= 4 is 5.91 Å². The topological polar surface area (TPSA) is 58.1 Å². The zero-order chi connectivity index (χ0) is 14.5. The Morgan fingerprint density at radius 3 is 2.70 bits per heavy atom. The van der Waals surface area contributed by atoms with E-state index < -0.39 is 0 Å². The number of aliphatic hydroxyl groups is 1. The number of amides is 1. The van der Waals surface area contributed by atoms with Gasteiger partial charge in [-0.3, -0.25) is 4.79 Å². The standard InChI is InChI=1S/C14H23N3O2.ClH/c1-5-6-16-7-8-17(11-16)9-13(19)15-12(10-18)14(2,3)4;/h5,7-8,11-12,18H,1,6,9-10H2,2-4H3;1H/t12-;/m1./s1. The van der Waals surface area contributed by atoms with Gasteiger partial charge in [-0.2, -0.15) is 0 Å². The summed E-state index contributed by atoms with van der Waals surface area (Å²) in [6.45, 7) is 10.5. The molecule has 1 heterocycles. The zero-order valence-corrected chi connectivity index (χ0v) is 13.1. The van der Waals surface area contributed by atoms with Gasteiger partial charge < -0.3 is 22.8 Å². The molecule has 1 atom stereocenters. The maximum atomic E-state index is 11.9. The first-order valence-electron chi connectivity index (χ1n) is 6.42. The van der Waals surface area contributed by atoms with E-state index in [0.717, 1.165) is 6.54 Å². The molecule has 0 spiro atoms. The summed E-state index contributed by atoms with van der Waals surface area (Å²) in [7, 11) is 0. The van der Waals surface area contributed by atoms with Crippen molar-refractivity contribution in [2.45, 2.75) is 39.9 Å². The van der Waals surface area contributed by atoms with E-state index in [1.165, 1.54) is 0 Å². The lowest BCUT2D eigenvalue weighted by molar-refractivity contribution is -0.684. The highest BCUT2D eigenvalue weighted by molar-refractivity contribution is 5.74. The Labute approximate surface area is 126 Å². The molecule has 0 unspecified atom stereocenters. The second-order valence-electron chi connectivity index (χ2n) is 5.74. The summed E-state index contributed by atoms with van der Waals surface area (Å²) in [6, 6.07) is -0.240. The average Bonchev–Trinajstić information content (AvgIpc) is 2.72. The number of hydrogen-bond donors (Lipinski definition) is 2. The number of hydrogen-bond acceptors (Lipinski definition) is 2. The van der Waals surface area contributed by atoms with E-state index in [2.05, 4.69) is 11.9 Å². The van der Waals surface area contributed by atoms with Gasteiger partial charge in [0.25, 0.3) is 5.91 Å². The molecular weight excluding hydrogens is 278 g/mol. The van der Waals surface area contributed by atoms with Crippen molar-refractivity contribution < 1.29 is 26.9 Å². The smallest absolute Gasteiger partial charge is 0.262 e. The van der Waals surface area contributed by atoms with Crippen LogP contribution in [0.5, 0.6) is 0 Å². The van der Waals surface area contributed by atoms with Gasteiger partial charge >= 0.3 is 0 Å². The lowest BCUT2D eigenvalue weighted by Crippen LogP contribution is -3.00. The van der Waals surface area contributed by atoms with Crippen molar-refractivity contribution in [1.29, 1.82) is 0 Å². The second kappa shape index (κ2) is 8.07. The fourth-order valence-electron chi connectivity index (χ4n) is 1.73. The van der Waals surface area contributed by atoms with Crippen LogP contribution < -0.4 is 22.3 Å². The maximum absolute atomic E-state index is 11.9. The molecule has 0 aliphatic heterocycles. The van der Waals surface area contributed by atoms with E-state index >= 15 is 0 Å². The van der Waals surface area contributed by atoms with Crippen LogP contribution in [0, 0.1) is 5.41 Å². The van der Waals surface area contributed by atoms with Crippen LogP contribution in [0.4, 0.5) is 0 Å². The Morgan fingerprint density at radius 1 is 1.55 bits per heavy atom. The lowest BCUT2D eigenvalue weighted by atomic mass is 9.87. The molecule has 0 saturated carbocycles. The molecule has 20 heavy (non-hydrogen) atoms. The summed E-state index contributed by atoms with van der Waals surface area (Å²) >= 11 is 0. The minimum atomic E-state index is -0.240. The number of nitrogens with one attached hydrogen (secondary N) is 1. The summed E-state index contributed by atoms with van der Waals surface area (Å²) < 4.78 is 3.74. The summed E-state index contributed by atoms with van der Waals surface area (Å²) in [4.78, 5) is 11.9. The number of carbonyl (C=O) groups excluding carboxylic acids is 1. The van der Waals surface area contributed by atoms with Crippen LogP contribution in [0.15, 0.2) is 31.4 Å². The first-order chi connectivity index (χ1) is 8.86. The van der Waals surface area contributed by atoms with E-state index in [0.29, 0.717) is 0 Å². The van der Waals surface area contributed by atoms with Gasteiger partial charge in [0.2, 0.25) is 6.33 Å². The van der Waals surface area contributed by atoms with Crippen molar-refractivity contribution in [2.75, 3.05) is 6.61 Å². The Hall–Kier alpha value is -1.33. The number of halogens is 1. The molecule has 0 saturated heterocycles. The maximum Gasteiger partial charge on any atom is 0.262 e. The quantitative estimate of drug-likeness (QED) is 0.450. The summed E-state index contributed by atoms with van der Waals surface area (Å²) in [5.74, 6) is -0.102. The Bertz CT molecular complexity index is 438. The van der Waals surface area contributed by atoms with Crippen LogP contribution >= 0.6 is 0 Å². The normalized spacial score (nSPS) is 12.4. The first kappa shape index (κ1) is 18.7. The monoisotopic (exact) mass is 301 g/mol. The molecule has 0 fully saturated rings. The van der Waals surface area contributed by atoms with Crippen LogP contribution in [0.1, 0.15) is 20.8 Å². The van der Waals surface area contributed by atoms with Crippen molar-refractivity contribution in [1.82, 2.24) is 9.88 Å². The summed E-state index contributed by atoms with van der Waals surface area (Å²) in [5.41, 5.74) is -0.163. The molecule has 0 bridgehead atoms. The number of aromatic nitrogens is 2. The minimum Gasteiger partial charge on any atom is -1.00 e. The molecule has 2 N–H and O–H groups in total. The predicted molar refractivity (Wildman–Crippen MR) is 73.3 cm³/mol. The van der Waals surface area contributed by atoms with Gasteiger partial charge in [-0.05, 0) is 5.41 Å². The van der Waals surface area contributed by atoms with Gasteiger partial charge in [0, 0.05) is 0 Å². The fraction of sp³-hybridized carbons (Fsp3) is 0.571. The van der Waals surface area contributed by atoms with Gasteiger partial charge in [0.15, 0.2) is 6.54 Å². The van der Waals surface area contributed by atoms with Crippen LogP contribution in [-0.4, -0.2) is 28.2 Å². The summed E-state index contributed by atoms with van der Waals surface area (Å²) in [5, 5.41) is 12.2. The largest absolute Gasteiger partial charge is 1.00 e. The third kappa shape index (κ3) is 5.75. The molecule has 114 valence electrons. The van der Waals surface area contributed by atoms with Gasteiger partial charge in [0.1, 0.15) is 18.9 Å². The van der Waals surface area contributed by atoms with Gasteiger partial charge in [0.05, 0.1) is 12.6 Å². The van der Waals surface area contributed by atoms with Crippen LogP contribution in [0.2, 0.25) is 0 Å². The van der Waals surface area contributed by atoms with Crippen LogP contribution in [-0.2, 0) is 17.9 Å². The lowest BCUT2D eigenvalue weighted by Gasteiger charge is -2.29. The third-order valence-corrected chi connectivity index (χ3v) is 2.98. The zero-order valence-electron chi connectivity index (χ0n) is 12.3. The second-order valence-corrected chi connectivity index (χ2v) is 5.74. The highest BCUT2D eigenvalue weighted by Gasteiger charge is 2.25. The van der Waals surface area contributed by atoms with Crippen LogP contribution in [0.25, 0.3) is 0 Å². The first-order valence-corrected chi connectivity index (χ1v) is 6.42. The predicted octanol–water partition coefficient (Wildman–Crippen LogP) is -2.51. The average molecular weight is 302 g/mol. The number of carbonyl (C=O) groups is 1. The fourth-order valence-corrected chi connectivity index (χ4v) is 1.73. The Morgan fingerprint density at radius 2 is 2.20 bits per heavy atom. The van der Waals surface area contributed by atoms with E-state index in [4.69, 9.17) is 0 Å².